The van der Waals surface area contributed by atoms with Crippen LogP contribution in [0.1, 0.15) is 28.9 Å². The molecule has 2 nitrogen and oxygen atoms in total. The molecule has 0 heterocycles. The Morgan fingerprint density at radius 1 is 1.24 bits per heavy atom. The van der Waals surface area contributed by atoms with Crippen LogP contribution in [-0.2, 0) is 0 Å². The van der Waals surface area contributed by atoms with E-state index < -0.39 is 0 Å². The van der Waals surface area contributed by atoms with E-state index in [4.69, 9.17) is 0 Å². The first-order chi connectivity index (χ1) is 9.90. The van der Waals surface area contributed by atoms with Crippen LogP contribution in [0.2, 0.25) is 0 Å². The highest BCUT2D eigenvalue weighted by atomic mass is 127. The molecule has 0 bridgehead atoms. The molecule has 0 aliphatic rings. The number of halogens is 3. The van der Waals surface area contributed by atoms with Crippen LogP contribution in [0.25, 0.3) is 0 Å². The van der Waals surface area contributed by atoms with Gasteiger partial charge in [0.2, 0.25) is 0 Å². The summed E-state index contributed by atoms with van der Waals surface area (Å²) in [6.07, 6.45) is 0. The third-order valence-electron chi connectivity index (χ3n) is 3.41. The second-order valence-electron chi connectivity index (χ2n) is 4.77. The van der Waals surface area contributed by atoms with Gasteiger partial charge in [0.25, 0.3) is 5.91 Å². The van der Waals surface area contributed by atoms with E-state index in [-0.39, 0.29) is 17.8 Å². The fourth-order valence-electron chi connectivity index (χ4n) is 1.99. The molecule has 0 fully saturated rings. The Labute approximate surface area is 145 Å². The van der Waals surface area contributed by atoms with Gasteiger partial charge in [0.05, 0.1) is 11.6 Å². The van der Waals surface area contributed by atoms with Gasteiger partial charge in [0.1, 0.15) is 5.82 Å². The van der Waals surface area contributed by atoms with E-state index in [0.29, 0.717) is 5.56 Å². The van der Waals surface area contributed by atoms with Crippen LogP contribution in [0.4, 0.5) is 4.39 Å². The molecule has 1 atom stereocenters. The van der Waals surface area contributed by atoms with Gasteiger partial charge in [-0.05, 0) is 65.4 Å². The Balaban J connectivity index is 2.26. The molecule has 1 unspecified atom stereocenters. The highest BCUT2D eigenvalue weighted by molar-refractivity contribution is 14.1. The van der Waals surface area contributed by atoms with Crippen molar-refractivity contribution in [3.8, 4) is 0 Å². The number of hydrogen-bond acceptors (Lipinski definition) is 1. The minimum atomic E-state index is -0.276. The van der Waals surface area contributed by atoms with Gasteiger partial charge in [-0.1, -0.05) is 28.1 Å². The second-order valence-corrected chi connectivity index (χ2v) is 6.85. The molecule has 0 N–H and O–H groups in total. The minimum absolute atomic E-state index is 0.0578. The zero-order valence-corrected chi connectivity index (χ0v) is 15.4. The predicted molar refractivity (Wildman–Crippen MR) is 93.8 cm³/mol. The summed E-state index contributed by atoms with van der Waals surface area (Å²) in [5.74, 6) is -0.334. The van der Waals surface area contributed by atoms with E-state index in [1.165, 1.54) is 12.1 Å². The van der Waals surface area contributed by atoms with E-state index in [1.807, 2.05) is 25.1 Å². The molecule has 2 aromatic carbocycles. The monoisotopic (exact) mass is 461 g/mol. The number of benzene rings is 2. The van der Waals surface area contributed by atoms with Crippen LogP contribution in [-0.4, -0.2) is 17.9 Å². The summed E-state index contributed by atoms with van der Waals surface area (Å²) in [6.45, 7) is 1.93. The van der Waals surface area contributed by atoms with Crippen LogP contribution < -0.4 is 0 Å². The molecule has 0 aliphatic heterocycles. The van der Waals surface area contributed by atoms with E-state index >= 15 is 0 Å². The second kappa shape index (κ2) is 6.87. The fourth-order valence-corrected chi connectivity index (χ4v) is 2.92. The van der Waals surface area contributed by atoms with Crippen LogP contribution in [0, 0.1) is 9.39 Å². The van der Waals surface area contributed by atoms with Gasteiger partial charge in [0, 0.05) is 15.1 Å². The fraction of sp³-hybridized carbons (Fsp3) is 0.188. The summed E-state index contributed by atoms with van der Waals surface area (Å²) in [5.41, 5.74) is 1.55. The molecule has 0 radical (unpaired) electrons. The summed E-state index contributed by atoms with van der Waals surface area (Å²) in [5, 5.41) is 0. The van der Waals surface area contributed by atoms with Gasteiger partial charge in [-0.15, -0.1) is 0 Å². The van der Waals surface area contributed by atoms with Gasteiger partial charge in [0.15, 0.2) is 0 Å². The van der Waals surface area contributed by atoms with Crippen LogP contribution >= 0.6 is 38.5 Å². The van der Waals surface area contributed by atoms with Crippen molar-refractivity contribution < 1.29 is 9.18 Å². The minimum Gasteiger partial charge on any atom is -0.335 e. The van der Waals surface area contributed by atoms with Crippen LogP contribution in [0.5, 0.6) is 0 Å². The van der Waals surface area contributed by atoms with Crippen molar-refractivity contribution in [1.82, 2.24) is 4.90 Å². The molecule has 0 saturated heterocycles. The molecule has 5 heteroatoms. The molecule has 0 saturated carbocycles. The van der Waals surface area contributed by atoms with E-state index in [9.17, 15) is 9.18 Å². The highest BCUT2D eigenvalue weighted by Crippen LogP contribution is 2.24. The molecule has 110 valence electrons. The molecular weight excluding hydrogens is 448 g/mol. The SMILES string of the molecule is CC(c1ccc(F)cc1)N(C)C(=O)c1cc(Br)ccc1I. The number of nitrogens with zero attached hydrogens (tertiary/aromatic N) is 1. The zero-order valence-electron chi connectivity index (χ0n) is 11.6. The molecule has 2 aromatic rings. The van der Waals surface area contributed by atoms with Gasteiger partial charge < -0.3 is 4.90 Å². The van der Waals surface area contributed by atoms with E-state index in [2.05, 4.69) is 38.5 Å². The van der Waals surface area contributed by atoms with Crippen molar-refractivity contribution in [2.75, 3.05) is 7.05 Å². The van der Waals surface area contributed by atoms with Gasteiger partial charge in [-0.25, -0.2) is 4.39 Å². The lowest BCUT2D eigenvalue weighted by molar-refractivity contribution is 0.0741. The maximum Gasteiger partial charge on any atom is 0.255 e. The summed E-state index contributed by atoms with van der Waals surface area (Å²) in [4.78, 5) is 14.3. The van der Waals surface area contributed by atoms with Crippen molar-refractivity contribution in [2.45, 2.75) is 13.0 Å². The lowest BCUT2D eigenvalue weighted by atomic mass is 10.1. The van der Waals surface area contributed by atoms with Gasteiger partial charge >= 0.3 is 0 Å². The Kier molecular flexibility index (Phi) is 5.37. The Hall–Kier alpha value is -0.950. The average Bonchev–Trinajstić information content (AvgIpc) is 2.48. The maximum absolute atomic E-state index is 13.0. The Morgan fingerprint density at radius 3 is 2.48 bits per heavy atom. The molecule has 0 spiro atoms. The zero-order chi connectivity index (χ0) is 15.6. The molecule has 2 rings (SSSR count). The number of rotatable bonds is 3. The third kappa shape index (κ3) is 3.83. The number of carbonyl (C=O) groups is 1. The van der Waals surface area contributed by atoms with Crippen molar-refractivity contribution >= 4 is 44.4 Å². The molecule has 0 aromatic heterocycles. The van der Waals surface area contributed by atoms with Gasteiger partial charge in [-0.2, -0.15) is 0 Å². The third-order valence-corrected chi connectivity index (χ3v) is 4.85. The normalized spacial score (nSPS) is 12.0. The topological polar surface area (TPSA) is 20.3 Å². The predicted octanol–water partition coefficient (Wildman–Crippen LogP) is 5.03. The van der Waals surface area contributed by atoms with Crippen molar-refractivity contribution in [3.63, 3.8) is 0 Å². The first kappa shape index (κ1) is 16.4. The van der Waals surface area contributed by atoms with Crippen molar-refractivity contribution in [2.24, 2.45) is 0 Å². The van der Waals surface area contributed by atoms with Crippen LogP contribution in [0.15, 0.2) is 46.9 Å². The number of carbonyl (C=O) groups excluding carboxylic acids is 1. The summed E-state index contributed by atoms with van der Waals surface area (Å²) >= 11 is 5.54. The molecule has 1 amide bonds. The molecule has 0 aliphatic carbocycles. The summed E-state index contributed by atoms with van der Waals surface area (Å²) < 4.78 is 14.8. The first-order valence-electron chi connectivity index (χ1n) is 6.38. The largest absolute Gasteiger partial charge is 0.335 e. The van der Waals surface area contributed by atoms with Crippen molar-refractivity contribution in [1.29, 1.82) is 0 Å². The molecule has 21 heavy (non-hydrogen) atoms. The quantitative estimate of drug-likeness (QED) is 0.587. The Morgan fingerprint density at radius 2 is 1.86 bits per heavy atom. The standard InChI is InChI=1S/C16H14BrFINO/c1-10(11-3-6-13(18)7-4-11)20(2)16(21)14-9-12(17)5-8-15(14)19/h3-10H,1-2H3. The highest BCUT2D eigenvalue weighted by Gasteiger charge is 2.21. The number of amides is 1. The summed E-state index contributed by atoms with van der Waals surface area (Å²) in [6, 6.07) is 11.7. The van der Waals surface area contributed by atoms with Gasteiger partial charge in [-0.3, -0.25) is 4.79 Å². The smallest absolute Gasteiger partial charge is 0.255 e. The molecular formula is C16H14BrFINO. The number of hydrogen-bond donors (Lipinski definition) is 0. The Bertz CT molecular complexity index is 660. The first-order valence-corrected chi connectivity index (χ1v) is 8.25. The lowest BCUT2D eigenvalue weighted by Crippen LogP contribution is -2.30. The van der Waals surface area contributed by atoms with E-state index in [1.54, 1.807) is 24.1 Å². The van der Waals surface area contributed by atoms with Crippen molar-refractivity contribution in [3.05, 3.63) is 67.5 Å². The average molecular weight is 462 g/mol. The summed E-state index contributed by atoms with van der Waals surface area (Å²) in [7, 11) is 1.76. The maximum atomic E-state index is 13.0. The van der Waals surface area contributed by atoms with E-state index in [0.717, 1.165) is 13.6 Å². The lowest BCUT2D eigenvalue weighted by Gasteiger charge is -2.26. The van der Waals surface area contributed by atoms with Crippen LogP contribution in [0.3, 0.4) is 0 Å².